The highest BCUT2D eigenvalue weighted by Crippen LogP contribution is 2.39. The van der Waals surface area contributed by atoms with Gasteiger partial charge in [-0.05, 0) is 73.8 Å². The van der Waals surface area contributed by atoms with Crippen LogP contribution in [0.5, 0.6) is 0 Å². The largest absolute Gasteiger partial charge is 0.326 e. The summed E-state index contributed by atoms with van der Waals surface area (Å²) in [5.74, 6) is 0.0814. The normalized spacial score (nSPS) is 20.0. The van der Waals surface area contributed by atoms with Crippen molar-refractivity contribution in [1.82, 2.24) is 9.62 Å². The van der Waals surface area contributed by atoms with Gasteiger partial charge < -0.3 is 10.6 Å². The minimum atomic E-state index is -3.36. The molecule has 2 N–H and O–H groups in total. The van der Waals surface area contributed by atoms with E-state index in [1.54, 1.807) is 16.4 Å². The Kier molecular flexibility index (Phi) is 10.8. The number of benzene rings is 2. The van der Waals surface area contributed by atoms with Crippen molar-refractivity contribution in [3.63, 3.8) is 0 Å². The first-order valence-electron chi connectivity index (χ1n) is 14.3. The van der Waals surface area contributed by atoms with E-state index in [1.165, 1.54) is 25.3 Å². The zero-order chi connectivity index (χ0) is 27.8. The monoisotopic (exact) mass is 577 g/mol. The lowest BCUT2D eigenvalue weighted by molar-refractivity contribution is -0.116. The topological polar surface area (TPSA) is 78.5 Å². The van der Waals surface area contributed by atoms with Crippen molar-refractivity contribution < 1.29 is 17.6 Å². The van der Waals surface area contributed by atoms with Crippen LogP contribution in [-0.2, 0) is 21.2 Å². The van der Waals surface area contributed by atoms with Crippen molar-refractivity contribution in [2.75, 3.05) is 30.7 Å². The quantitative estimate of drug-likeness (QED) is 0.337. The van der Waals surface area contributed by atoms with Gasteiger partial charge in [-0.2, -0.15) is 4.31 Å². The summed E-state index contributed by atoms with van der Waals surface area (Å²) >= 11 is 6.13. The van der Waals surface area contributed by atoms with E-state index < -0.39 is 10.0 Å². The second kappa shape index (κ2) is 14.1. The summed E-state index contributed by atoms with van der Waals surface area (Å²) in [6.07, 6.45) is 7.44. The summed E-state index contributed by atoms with van der Waals surface area (Å²) in [5, 5.41) is 6.94. The number of sulfonamides is 1. The van der Waals surface area contributed by atoms with Crippen LogP contribution in [0.2, 0.25) is 5.02 Å². The molecule has 0 bridgehead atoms. The summed E-state index contributed by atoms with van der Waals surface area (Å²) in [7, 11) is -3.36. The molecule has 6 nitrogen and oxygen atoms in total. The Labute approximate surface area is 237 Å². The van der Waals surface area contributed by atoms with E-state index in [0.29, 0.717) is 67.5 Å². The van der Waals surface area contributed by atoms with Gasteiger partial charge >= 0.3 is 0 Å². The molecule has 1 amide bonds. The lowest BCUT2D eigenvalue weighted by Crippen LogP contribution is -2.54. The molecule has 2 aromatic rings. The van der Waals surface area contributed by atoms with Crippen molar-refractivity contribution in [2.45, 2.75) is 76.7 Å². The van der Waals surface area contributed by atoms with Crippen LogP contribution in [0.25, 0.3) is 0 Å². The van der Waals surface area contributed by atoms with Gasteiger partial charge in [0.25, 0.3) is 0 Å². The summed E-state index contributed by atoms with van der Waals surface area (Å²) in [5.41, 5.74) is 1.99. The third kappa shape index (κ3) is 8.03. The molecule has 2 fully saturated rings. The van der Waals surface area contributed by atoms with E-state index in [2.05, 4.69) is 10.6 Å². The fourth-order valence-electron chi connectivity index (χ4n) is 6.17. The molecule has 39 heavy (non-hydrogen) atoms. The predicted octanol–water partition coefficient (Wildman–Crippen LogP) is 6.12. The Morgan fingerprint density at radius 1 is 1.15 bits per heavy atom. The maximum absolute atomic E-state index is 15.1. The third-order valence-corrected chi connectivity index (χ3v) is 10.5. The number of piperazine rings is 1. The number of carbonyl (C=O) groups excluding carboxylic acids is 1. The van der Waals surface area contributed by atoms with Gasteiger partial charge in [-0.25, -0.2) is 12.8 Å². The minimum Gasteiger partial charge on any atom is -0.326 e. The molecular formula is C30H41ClFN3O3S. The van der Waals surface area contributed by atoms with E-state index >= 15 is 4.39 Å². The molecule has 0 spiro atoms. The summed E-state index contributed by atoms with van der Waals surface area (Å²) in [4.78, 5) is 13.4. The first-order valence-corrected chi connectivity index (χ1v) is 16.3. The van der Waals surface area contributed by atoms with Gasteiger partial charge in [-0.1, -0.05) is 56.0 Å². The minimum absolute atomic E-state index is 0.0743. The molecule has 1 aliphatic carbocycles. The maximum atomic E-state index is 15.1. The molecule has 2 atom stereocenters. The SMILES string of the molecule is CCCS(=O)(=O)N1CCNCC1CCc1c(F)cccc1NC(=O)CC(c1ccc(Cl)cc1)C1CCCCC1. The molecule has 1 saturated carbocycles. The molecule has 0 aromatic heterocycles. The molecule has 2 aliphatic rings. The van der Waals surface area contributed by atoms with Gasteiger partial charge in [0.15, 0.2) is 0 Å². The van der Waals surface area contributed by atoms with Crippen LogP contribution < -0.4 is 10.6 Å². The van der Waals surface area contributed by atoms with Crippen LogP contribution in [0.4, 0.5) is 10.1 Å². The fraction of sp³-hybridized carbons (Fsp3) is 0.567. The van der Waals surface area contributed by atoms with Gasteiger partial charge in [0.1, 0.15) is 5.82 Å². The molecule has 4 rings (SSSR count). The highest BCUT2D eigenvalue weighted by atomic mass is 35.5. The Balaban J connectivity index is 1.47. The second-order valence-electron chi connectivity index (χ2n) is 10.9. The van der Waals surface area contributed by atoms with Gasteiger partial charge in [-0.3, -0.25) is 4.79 Å². The lowest BCUT2D eigenvalue weighted by atomic mass is 9.75. The highest BCUT2D eigenvalue weighted by Gasteiger charge is 2.32. The molecule has 1 saturated heterocycles. The number of hydrogen-bond donors (Lipinski definition) is 2. The van der Waals surface area contributed by atoms with Crippen LogP contribution >= 0.6 is 11.6 Å². The second-order valence-corrected chi connectivity index (χ2v) is 13.4. The average molecular weight is 578 g/mol. The van der Waals surface area contributed by atoms with Crippen LogP contribution in [0.3, 0.4) is 0 Å². The number of anilines is 1. The number of amides is 1. The van der Waals surface area contributed by atoms with E-state index in [4.69, 9.17) is 11.6 Å². The molecule has 2 unspecified atom stereocenters. The van der Waals surface area contributed by atoms with Crippen LogP contribution in [0.15, 0.2) is 42.5 Å². The molecule has 2 aromatic carbocycles. The Morgan fingerprint density at radius 3 is 2.62 bits per heavy atom. The summed E-state index contributed by atoms with van der Waals surface area (Å²) < 4.78 is 42.3. The number of hydrogen-bond acceptors (Lipinski definition) is 4. The Morgan fingerprint density at radius 2 is 1.90 bits per heavy atom. The van der Waals surface area contributed by atoms with Crippen molar-refractivity contribution in [2.24, 2.45) is 5.92 Å². The van der Waals surface area contributed by atoms with E-state index in [9.17, 15) is 13.2 Å². The lowest BCUT2D eigenvalue weighted by Gasteiger charge is -2.35. The highest BCUT2D eigenvalue weighted by molar-refractivity contribution is 7.89. The van der Waals surface area contributed by atoms with E-state index in [0.717, 1.165) is 18.4 Å². The first-order chi connectivity index (χ1) is 18.8. The third-order valence-electron chi connectivity index (χ3n) is 8.16. The van der Waals surface area contributed by atoms with Gasteiger partial charge in [0, 0.05) is 48.4 Å². The molecule has 9 heteroatoms. The number of halogens is 2. The van der Waals surface area contributed by atoms with Crippen LogP contribution in [0, 0.1) is 11.7 Å². The molecule has 214 valence electrons. The van der Waals surface area contributed by atoms with Crippen LogP contribution in [0.1, 0.15) is 75.3 Å². The fourth-order valence-corrected chi connectivity index (χ4v) is 8.05. The molecule has 0 radical (unpaired) electrons. The first kappa shape index (κ1) is 30.0. The Bertz CT molecular complexity index is 1200. The zero-order valence-corrected chi connectivity index (χ0v) is 24.4. The smallest absolute Gasteiger partial charge is 0.225 e. The number of rotatable bonds is 11. The van der Waals surface area contributed by atoms with Crippen molar-refractivity contribution >= 4 is 33.2 Å². The molecule has 1 heterocycles. The number of carbonyl (C=O) groups is 1. The number of nitrogens with one attached hydrogen (secondary N) is 2. The standard InChI is InChI=1S/C30H41ClFN3O3S/c1-2-19-39(37,38)35-18-17-33-21-25(35)15-16-26-28(32)9-6-10-29(26)34-30(36)20-27(22-7-4-3-5-8-22)23-11-13-24(31)14-12-23/h6,9-14,22,25,27,33H,2-5,7-8,15-21H2,1H3,(H,34,36). The van der Waals surface area contributed by atoms with Crippen LogP contribution in [-0.4, -0.2) is 50.1 Å². The van der Waals surface area contributed by atoms with E-state index in [-0.39, 0.29) is 29.4 Å². The summed E-state index contributed by atoms with van der Waals surface area (Å²) in [6, 6.07) is 12.3. The van der Waals surface area contributed by atoms with Gasteiger partial charge in [-0.15, -0.1) is 0 Å². The van der Waals surface area contributed by atoms with E-state index in [1.807, 2.05) is 31.2 Å². The molecular weight excluding hydrogens is 537 g/mol. The van der Waals surface area contributed by atoms with Crippen molar-refractivity contribution in [3.05, 3.63) is 64.4 Å². The number of nitrogens with zero attached hydrogens (tertiary/aromatic N) is 1. The maximum Gasteiger partial charge on any atom is 0.225 e. The van der Waals surface area contributed by atoms with Gasteiger partial charge in [0.2, 0.25) is 15.9 Å². The van der Waals surface area contributed by atoms with Crippen molar-refractivity contribution in [3.8, 4) is 0 Å². The predicted molar refractivity (Wildman–Crippen MR) is 156 cm³/mol. The average Bonchev–Trinajstić information content (AvgIpc) is 2.93. The zero-order valence-electron chi connectivity index (χ0n) is 22.8. The Hall–Kier alpha value is -2.00. The van der Waals surface area contributed by atoms with Crippen molar-refractivity contribution in [1.29, 1.82) is 0 Å². The summed E-state index contributed by atoms with van der Waals surface area (Å²) in [6.45, 7) is 3.41. The van der Waals surface area contributed by atoms with Gasteiger partial charge in [0.05, 0.1) is 5.75 Å². The molecule has 1 aliphatic heterocycles.